The summed E-state index contributed by atoms with van der Waals surface area (Å²) in [6.07, 6.45) is 0. The third-order valence-electron chi connectivity index (χ3n) is 3.17. The Balaban J connectivity index is 2.35. The zero-order chi connectivity index (χ0) is 14.1. The lowest BCUT2D eigenvalue weighted by Crippen LogP contribution is -2.04. The predicted octanol–water partition coefficient (Wildman–Crippen LogP) is 3.13. The molecule has 0 fully saturated rings. The minimum atomic E-state index is -0.295. The zero-order valence-electron chi connectivity index (χ0n) is 10.9. The first-order chi connectivity index (χ1) is 9.65. The number of aryl methyl sites for hydroxylation is 1. The molecule has 3 aromatic rings. The fourth-order valence-electron chi connectivity index (χ4n) is 2.07. The van der Waals surface area contributed by atoms with Gasteiger partial charge in [0.15, 0.2) is 11.0 Å². The third kappa shape index (κ3) is 2.14. The highest BCUT2D eigenvalue weighted by Gasteiger charge is 2.08. The van der Waals surface area contributed by atoms with Crippen LogP contribution in [0.2, 0.25) is 0 Å². The van der Waals surface area contributed by atoms with Crippen molar-refractivity contribution in [2.24, 2.45) is 0 Å². The van der Waals surface area contributed by atoms with E-state index < -0.39 is 0 Å². The minimum Gasteiger partial charge on any atom is -0.452 e. The molecule has 0 saturated heterocycles. The van der Waals surface area contributed by atoms with Crippen molar-refractivity contribution in [2.45, 2.75) is 6.92 Å². The van der Waals surface area contributed by atoms with E-state index in [9.17, 15) is 9.59 Å². The molecule has 0 unspecified atom stereocenters. The number of hydrogen-bond acceptors (Lipinski definition) is 3. The van der Waals surface area contributed by atoms with E-state index in [2.05, 4.69) is 0 Å². The average Bonchev–Trinajstić information content (AvgIpc) is 2.62. The van der Waals surface area contributed by atoms with E-state index in [0.29, 0.717) is 11.1 Å². The van der Waals surface area contributed by atoms with E-state index in [0.717, 1.165) is 11.1 Å². The quantitative estimate of drug-likeness (QED) is 0.678. The molecule has 3 nitrogen and oxygen atoms in total. The van der Waals surface area contributed by atoms with Crippen molar-refractivity contribution in [3.05, 3.63) is 80.6 Å². The Hall–Kier alpha value is -2.68. The zero-order valence-corrected chi connectivity index (χ0v) is 10.9. The van der Waals surface area contributed by atoms with Crippen LogP contribution < -0.4 is 10.9 Å². The first kappa shape index (κ1) is 12.4. The molecule has 0 spiro atoms. The lowest BCUT2D eigenvalue weighted by molar-refractivity contribution is 0.616. The number of hydrogen-bond donors (Lipinski definition) is 0. The van der Waals surface area contributed by atoms with Gasteiger partial charge in [-0.15, -0.1) is 0 Å². The van der Waals surface area contributed by atoms with Gasteiger partial charge in [0.1, 0.15) is 5.76 Å². The molecule has 3 heteroatoms. The fraction of sp³-hybridized carbons (Fsp3) is 0.0588. The molecule has 2 aromatic carbocycles. The van der Waals surface area contributed by atoms with Crippen molar-refractivity contribution in [1.29, 1.82) is 0 Å². The van der Waals surface area contributed by atoms with Crippen LogP contribution in [0.15, 0.2) is 68.6 Å². The summed E-state index contributed by atoms with van der Waals surface area (Å²) in [5, 5.41) is 0.302. The third-order valence-corrected chi connectivity index (χ3v) is 3.17. The Labute approximate surface area is 115 Å². The maximum Gasteiger partial charge on any atom is 0.221 e. The first-order valence-electron chi connectivity index (χ1n) is 6.29. The minimum absolute atomic E-state index is 0.0954. The van der Waals surface area contributed by atoms with Gasteiger partial charge in [0, 0.05) is 11.6 Å². The molecule has 0 aliphatic rings. The summed E-state index contributed by atoms with van der Waals surface area (Å²) in [6.45, 7) is 1.98. The van der Waals surface area contributed by atoms with E-state index in [1.54, 1.807) is 18.2 Å². The second-order valence-electron chi connectivity index (χ2n) is 4.67. The molecular formula is C17H12O3. The molecule has 0 saturated carbocycles. The first-order valence-corrected chi connectivity index (χ1v) is 6.29. The molecule has 0 atom stereocenters. The summed E-state index contributed by atoms with van der Waals surface area (Å²) in [5.41, 5.74) is 1.48. The molecule has 98 valence electrons. The number of rotatable bonds is 1. The van der Waals surface area contributed by atoms with Crippen molar-refractivity contribution in [3.63, 3.8) is 0 Å². The predicted molar refractivity (Wildman–Crippen MR) is 78.9 cm³/mol. The van der Waals surface area contributed by atoms with Gasteiger partial charge in [-0.1, -0.05) is 42.0 Å². The van der Waals surface area contributed by atoms with Crippen LogP contribution in [0.5, 0.6) is 0 Å². The maximum atomic E-state index is 12.1. The summed E-state index contributed by atoms with van der Waals surface area (Å²) < 4.78 is 5.65. The van der Waals surface area contributed by atoms with E-state index in [1.807, 2.05) is 31.2 Å². The van der Waals surface area contributed by atoms with Gasteiger partial charge in [-0.25, -0.2) is 0 Å². The normalized spacial score (nSPS) is 10.7. The van der Waals surface area contributed by atoms with Crippen LogP contribution in [0.3, 0.4) is 0 Å². The molecule has 0 aliphatic carbocycles. The van der Waals surface area contributed by atoms with Gasteiger partial charge in [0.25, 0.3) is 0 Å². The topological polar surface area (TPSA) is 47.3 Å². The van der Waals surface area contributed by atoms with Gasteiger partial charge in [0.2, 0.25) is 5.43 Å². The summed E-state index contributed by atoms with van der Waals surface area (Å²) in [5.74, 6) is 0.408. The van der Waals surface area contributed by atoms with Crippen LogP contribution in [0.4, 0.5) is 0 Å². The van der Waals surface area contributed by atoms with Gasteiger partial charge in [-0.05, 0) is 19.1 Å². The molecule has 1 aromatic heterocycles. The second kappa shape index (κ2) is 4.78. The molecule has 0 aliphatic heterocycles. The monoisotopic (exact) mass is 264 g/mol. The van der Waals surface area contributed by atoms with E-state index in [-0.39, 0.29) is 16.4 Å². The van der Waals surface area contributed by atoms with Gasteiger partial charge < -0.3 is 4.42 Å². The van der Waals surface area contributed by atoms with Gasteiger partial charge in [0.05, 0.1) is 5.39 Å². The Morgan fingerprint density at radius 3 is 2.30 bits per heavy atom. The molecule has 20 heavy (non-hydrogen) atoms. The highest BCUT2D eigenvalue weighted by Crippen LogP contribution is 2.20. The SMILES string of the molecule is Cc1ccc(-c2cc(=O)c3ccccc(=O)c3o2)cc1. The van der Waals surface area contributed by atoms with Crippen LogP contribution in [0, 0.1) is 6.92 Å². The molecule has 3 rings (SSSR count). The van der Waals surface area contributed by atoms with Crippen LogP contribution in [0.1, 0.15) is 5.56 Å². The van der Waals surface area contributed by atoms with Crippen molar-refractivity contribution < 1.29 is 4.42 Å². The Kier molecular flexibility index (Phi) is 2.95. The maximum absolute atomic E-state index is 12.1. The Morgan fingerprint density at radius 2 is 1.55 bits per heavy atom. The summed E-state index contributed by atoms with van der Waals surface area (Å²) >= 11 is 0. The molecule has 0 amide bonds. The highest BCUT2D eigenvalue weighted by atomic mass is 16.3. The highest BCUT2D eigenvalue weighted by molar-refractivity contribution is 5.77. The molecule has 0 radical (unpaired) electrons. The van der Waals surface area contributed by atoms with E-state index in [1.165, 1.54) is 12.1 Å². The summed E-state index contributed by atoms with van der Waals surface area (Å²) in [4.78, 5) is 24.1. The van der Waals surface area contributed by atoms with Crippen LogP contribution in [0.25, 0.3) is 22.3 Å². The van der Waals surface area contributed by atoms with Crippen LogP contribution in [-0.2, 0) is 0 Å². The smallest absolute Gasteiger partial charge is 0.221 e. The van der Waals surface area contributed by atoms with E-state index >= 15 is 0 Å². The fourth-order valence-corrected chi connectivity index (χ4v) is 2.07. The van der Waals surface area contributed by atoms with Crippen molar-refractivity contribution in [2.75, 3.05) is 0 Å². The Bertz CT molecular complexity index is 890. The largest absolute Gasteiger partial charge is 0.452 e. The van der Waals surface area contributed by atoms with Crippen LogP contribution in [-0.4, -0.2) is 0 Å². The molecule has 0 N–H and O–H groups in total. The number of fused-ring (bicyclic) bond motifs is 1. The van der Waals surface area contributed by atoms with E-state index in [4.69, 9.17) is 4.42 Å². The lowest BCUT2D eigenvalue weighted by Gasteiger charge is -2.02. The van der Waals surface area contributed by atoms with Crippen molar-refractivity contribution in [3.8, 4) is 11.3 Å². The molecular weight excluding hydrogens is 252 g/mol. The van der Waals surface area contributed by atoms with Crippen molar-refractivity contribution in [1.82, 2.24) is 0 Å². The summed E-state index contributed by atoms with van der Waals surface area (Å²) in [7, 11) is 0. The average molecular weight is 264 g/mol. The van der Waals surface area contributed by atoms with Gasteiger partial charge in [-0.3, -0.25) is 9.59 Å². The summed E-state index contributed by atoms with van der Waals surface area (Å²) in [6, 6.07) is 15.3. The number of benzene rings is 1. The van der Waals surface area contributed by atoms with Crippen molar-refractivity contribution >= 4 is 11.0 Å². The molecule has 0 bridgehead atoms. The second-order valence-corrected chi connectivity index (χ2v) is 4.67. The Morgan fingerprint density at radius 1 is 0.850 bits per heavy atom. The lowest BCUT2D eigenvalue weighted by atomic mass is 10.1. The van der Waals surface area contributed by atoms with Crippen LogP contribution >= 0.6 is 0 Å². The van der Waals surface area contributed by atoms with Gasteiger partial charge >= 0.3 is 0 Å². The standard InChI is InChI=1S/C17H12O3/c1-11-6-8-12(9-7-11)16-10-15(19)13-4-2-3-5-14(18)17(13)20-16/h2-10H,1H3. The van der Waals surface area contributed by atoms with Gasteiger partial charge in [-0.2, -0.15) is 0 Å². The molecule has 1 heterocycles.